The zero-order chi connectivity index (χ0) is 15.0. The van der Waals surface area contributed by atoms with Gasteiger partial charge in [-0.3, -0.25) is 4.79 Å². The van der Waals surface area contributed by atoms with Crippen molar-refractivity contribution < 1.29 is 31.9 Å². The van der Waals surface area contributed by atoms with Crippen LogP contribution in [0.25, 0.3) is 0 Å². The first kappa shape index (κ1) is 14.5. The molecule has 1 aromatic carbocycles. The van der Waals surface area contributed by atoms with Crippen LogP contribution < -0.4 is 4.90 Å². The lowest BCUT2D eigenvalue weighted by molar-refractivity contribution is -0.142. The van der Waals surface area contributed by atoms with Crippen molar-refractivity contribution in [2.45, 2.75) is 12.8 Å². The van der Waals surface area contributed by atoms with Crippen LogP contribution in [0.1, 0.15) is 12.8 Å². The third-order valence-electron chi connectivity index (χ3n) is 3.35. The van der Waals surface area contributed by atoms with E-state index in [-0.39, 0.29) is 25.9 Å². The van der Waals surface area contributed by atoms with Gasteiger partial charge in [0.05, 0.1) is 5.92 Å². The van der Waals surface area contributed by atoms with Crippen molar-refractivity contribution in [3.63, 3.8) is 0 Å². The van der Waals surface area contributed by atoms with Crippen molar-refractivity contribution in [3.05, 3.63) is 29.1 Å². The third kappa shape index (κ3) is 2.30. The number of hydrogen-bond acceptors (Lipinski definition) is 2. The van der Waals surface area contributed by atoms with Crippen molar-refractivity contribution in [2.75, 3.05) is 18.0 Å². The van der Waals surface area contributed by atoms with Crippen molar-refractivity contribution >= 4 is 11.7 Å². The summed E-state index contributed by atoms with van der Waals surface area (Å²) in [4.78, 5) is 11.7. The number of halogens is 5. The summed E-state index contributed by atoms with van der Waals surface area (Å²) in [6.45, 7) is -0.176. The Hall–Kier alpha value is -1.86. The molecule has 0 aliphatic carbocycles. The number of carboxylic acid groups (broad SMARTS) is 1. The molecule has 0 bridgehead atoms. The Balaban J connectivity index is 2.33. The summed E-state index contributed by atoms with van der Waals surface area (Å²) in [7, 11) is 0. The molecule has 1 heterocycles. The minimum atomic E-state index is -2.20. The molecule has 0 amide bonds. The summed E-state index contributed by atoms with van der Waals surface area (Å²) in [5.74, 6) is -11.7. The highest BCUT2D eigenvalue weighted by Crippen LogP contribution is 2.32. The number of piperidine rings is 1. The minimum absolute atomic E-state index is 0.0782. The first-order valence-electron chi connectivity index (χ1n) is 5.83. The van der Waals surface area contributed by atoms with Crippen LogP contribution >= 0.6 is 0 Å². The maximum absolute atomic E-state index is 13.6. The predicted molar refractivity (Wildman–Crippen MR) is 58.8 cm³/mol. The van der Waals surface area contributed by atoms with E-state index in [0.717, 1.165) is 4.90 Å². The third-order valence-corrected chi connectivity index (χ3v) is 3.35. The lowest BCUT2D eigenvalue weighted by Crippen LogP contribution is -2.37. The van der Waals surface area contributed by atoms with E-state index in [2.05, 4.69) is 0 Å². The van der Waals surface area contributed by atoms with Crippen molar-refractivity contribution in [1.82, 2.24) is 0 Å². The molecular weight excluding hydrogens is 285 g/mol. The maximum atomic E-state index is 13.6. The number of hydrogen-bond donors (Lipinski definition) is 1. The van der Waals surface area contributed by atoms with Gasteiger partial charge in [-0.15, -0.1) is 0 Å². The van der Waals surface area contributed by atoms with Gasteiger partial charge >= 0.3 is 5.97 Å². The average molecular weight is 295 g/mol. The lowest BCUT2D eigenvalue weighted by atomic mass is 9.96. The molecule has 1 fully saturated rings. The van der Waals surface area contributed by atoms with E-state index < -0.39 is 46.7 Å². The first-order chi connectivity index (χ1) is 9.34. The second-order valence-electron chi connectivity index (χ2n) is 4.52. The zero-order valence-electron chi connectivity index (χ0n) is 10.1. The molecule has 1 aliphatic heterocycles. The highest BCUT2D eigenvalue weighted by molar-refractivity contribution is 5.70. The molecule has 1 saturated heterocycles. The Kier molecular flexibility index (Phi) is 3.82. The average Bonchev–Trinajstić information content (AvgIpc) is 2.44. The van der Waals surface area contributed by atoms with Gasteiger partial charge < -0.3 is 10.0 Å². The Morgan fingerprint density at radius 3 is 1.70 bits per heavy atom. The largest absolute Gasteiger partial charge is 0.481 e. The SMILES string of the molecule is O=C(O)C1CCN(c2c(F)c(F)c(F)c(F)c2F)CC1. The van der Waals surface area contributed by atoms with Crippen LogP contribution in [0.4, 0.5) is 27.6 Å². The normalized spacial score (nSPS) is 16.6. The van der Waals surface area contributed by atoms with E-state index in [4.69, 9.17) is 5.11 Å². The fourth-order valence-corrected chi connectivity index (χ4v) is 2.22. The van der Waals surface area contributed by atoms with Gasteiger partial charge in [-0.05, 0) is 12.8 Å². The topological polar surface area (TPSA) is 40.5 Å². The molecular formula is C12H10F5NO2. The van der Waals surface area contributed by atoms with Crippen LogP contribution in [-0.4, -0.2) is 24.2 Å². The van der Waals surface area contributed by atoms with Gasteiger partial charge in [0.25, 0.3) is 0 Å². The molecule has 0 atom stereocenters. The summed E-state index contributed by atoms with van der Waals surface area (Å²) in [5, 5.41) is 8.79. The predicted octanol–water partition coefficient (Wildman–Crippen LogP) is 2.68. The lowest BCUT2D eigenvalue weighted by Gasteiger charge is -2.32. The molecule has 20 heavy (non-hydrogen) atoms. The summed E-state index contributed by atoms with van der Waals surface area (Å²) in [5.41, 5.74) is -0.995. The number of rotatable bonds is 2. The van der Waals surface area contributed by atoms with Gasteiger partial charge in [-0.25, -0.2) is 22.0 Å². The highest BCUT2D eigenvalue weighted by Gasteiger charge is 2.32. The van der Waals surface area contributed by atoms with Gasteiger partial charge in [0.1, 0.15) is 5.69 Å². The molecule has 8 heteroatoms. The molecule has 1 aromatic rings. The fraction of sp³-hybridized carbons (Fsp3) is 0.417. The van der Waals surface area contributed by atoms with Gasteiger partial charge in [0, 0.05) is 13.1 Å². The Morgan fingerprint density at radius 2 is 1.30 bits per heavy atom. The first-order valence-corrected chi connectivity index (χ1v) is 5.83. The Bertz CT molecular complexity index is 526. The van der Waals surface area contributed by atoms with Gasteiger partial charge in [-0.2, -0.15) is 0 Å². The molecule has 0 unspecified atom stereocenters. The van der Waals surface area contributed by atoms with Crippen LogP contribution in [0.15, 0.2) is 0 Å². The van der Waals surface area contributed by atoms with Crippen LogP contribution in [0.3, 0.4) is 0 Å². The second kappa shape index (κ2) is 5.26. The van der Waals surface area contributed by atoms with Crippen molar-refractivity contribution in [1.29, 1.82) is 0 Å². The molecule has 2 rings (SSSR count). The minimum Gasteiger partial charge on any atom is -0.481 e. The molecule has 3 nitrogen and oxygen atoms in total. The van der Waals surface area contributed by atoms with Crippen LogP contribution in [0.5, 0.6) is 0 Å². The molecule has 0 saturated carbocycles. The maximum Gasteiger partial charge on any atom is 0.306 e. The summed E-state index contributed by atoms with van der Waals surface area (Å²) in [6, 6.07) is 0. The van der Waals surface area contributed by atoms with Gasteiger partial charge in [0.2, 0.25) is 5.82 Å². The van der Waals surface area contributed by atoms with E-state index >= 15 is 0 Å². The summed E-state index contributed by atoms with van der Waals surface area (Å²) >= 11 is 0. The summed E-state index contributed by atoms with van der Waals surface area (Å²) in [6.07, 6.45) is 0.156. The summed E-state index contributed by atoms with van der Waals surface area (Å²) < 4.78 is 66.2. The molecule has 0 aromatic heterocycles. The molecule has 110 valence electrons. The van der Waals surface area contributed by atoms with E-state index in [1.165, 1.54) is 0 Å². The van der Waals surface area contributed by atoms with Crippen LogP contribution in [0.2, 0.25) is 0 Å². The molecule has 1 aliphatic rings. The monoisotopic (exact) mass is 295 g/mol. The smallest absolute Gasteiger partial charge is 0.306 e. The highest BCUT2D eigenvalue weighted by atomic mass is 19.2. The Morgan fingerprint density at radius 1 is 0.900 bits per heavy atom. The number of nitrogens with zero attached hydrogens (tertiary/aromatic N) is 1. The van der Waals surface area contributed by atoms with Gasteiger partial charge in [-0.1, -0.05) is 0 Å². The van der Waals surface area contributed by atoms with Crippen LogP contribution in [-0.2, 0) is 4.79 Å². The standard InChI is InChI=1S/C12H10F5NO2/c13-6-7(14)9(16)11(10(17)8(6)15)18-3-1-5(2-4-18)12(19)20/h5H,1-4H2,(H,19,20). The molecule has 1 N–H and O–H groups in total. The number of carbonyl (C=O) groups is 1. The van der Waals surface area contributed by atoms with E-state index in [1.54, 1.807) is 0 Å². The van der Waals surface area contributed by atoms with Gasteiger partial charge in [0.15, 0.2) is 23.3 Å². The van der Waals surface area contributed by atoms with E-state index in [0.29, 0.717) is 0 Å². The van der Waals surface area contributed by atoms with E-state index in [9.17, 15) is 26.7 Å². The van der Waals surface area contributed by atoms with Crippen molar-refractivity contribution in [2.24, 2.45) is 5.92 Å². The number of carboxylic acids is 1. The number of aliphatic carboxylic acids is 1. The fourth-order valence-electron chi connectivity index (χ4n) is 2.22. The number of benzene rings is 1. The van der Waals surface area contributed by atoms with Crippen LogP contribution in [0, 0.1) is 35.0 Å². The Labute approximate surface area is 110 Å². The number of anilines is 1. The zero-order valence-corrected chi connectivity index (χ0v) is 10.1. The molecule has 0 radical (unpaired) electrons. The second-order valence-corrected chi connectivity index (χ2v) is 4.52. The van der Waals surface area contributed by atoms with Crippen molar-refractivity contribution in [3.8, 4) is 0 Å². The molecule has 0 spiro atoms. The van der Waals surface area contributed by atoms with E-state index in [1.807, 2.05) is 0 Å². The quantitative estimate of drug-likeness (QED) is 0.518.